The summed E-state index contributed by atoms with van der Waals surface area (Å²) in [6, 6.07) is 0. The molecule has 0 saturated carbocycles. The van der Waals surface area contributed by atoms with Crippen LogP contribution in [0.3, 0.4) is 0 Å². The molecule has 0 spiro atoms. The zero-order chi connectivity index (χ0) is 47.8. The van der Waals surface area contributed by atoms with E-state index in [0.29, 0.717) is 62.7 Å². The Labute approximate surface area is 361 Å². The molecular formula is C41H86N14O5. The van der Waals surface area contributed by atoms with E-state index in [-0.39, 0.29) is 77.3 Å². The highest BCUT2D eigenvalue weighted by molar-refractivity contribution is 5.86. The lowest BCUT2D eigenvalue weighted by molar-refractivity contribution is -0.122. The molecule has 0 bridgehead atoms. The Morgan fingerprint density at radius 3 is 1.07 bits per heavy atom. The molecule has 0 aromatic heterocycles. The van der Waals surface area contributed by atoms with Crippen molar-refractivity contribution in [1.82, 2.24) is 5.32 Å². The SMILES string of the molecule is C=C(N)NCCCCCC(=O)C(C)C.CC(C)C(=O)CCCCN=C(N)N.CC(C)C(=O)CCCN=C(N)N.CC(C)C(=O)CCN=C(N)N.CC(C)C(=O)CN=C(N)N. The summed E-state index contributed by atoms with van der Waals surface area (Å²) in [5.74, 6) is 2.42. The molecule has 0 heterocycles. The Morgan fingerprint density at radius 1 is 0.400 bits per heavy atom. The Balaban J connectivity index is -0.000000211. The molecule has 0 atom stereocenters. The van der Waals surface area contributed by atoms with Gasteiger partial charge >= 0.3 is 0 Å². The van der Waals surface area contributed by atoms with Gasteiger partial charge in [-0.3, -0.25) is 38.9 Å². The third kappa shape index (κ3) is 57.1. The van der Waals surface area contributed by atoms with Gasteiger partial charge in [-0.15, -0.1) is 0 Å². The van der Waals surface area contributed by atoms with E-state index >= 15 is 0 Å². The molecule has 60 heavy (non-hydrogen) atoms. The molecule has 0 aliphatic carbocycles. The van der Waals surface area contributed by atoms with Gasteiger partial charge in [0.05, 0.1) is 5.82 Å². The van der Waals surface area contributed by atoms with Gasteiger partial charge in [-0.1, -0.05) is 82.2 Å². The lowest BCUT2D eigenvalue weighted by Gasteiger charge is -2.05. The summed E-state index contributed by atoms with van der Waals surface area (Å²) in [7, 11) is 0. The van der Waals surface area contributed by atoms with Gasteiger partial charge in [-0.05, 0) is 32.1 Å². The quantitative estimate of drug-likeness (QED) is 0.0338. The van der Waals surface area contributed by atoms with E-state index in [2.05, 4.69) is 31.9 Å². The topological polar surface area (TPSA) is 381 Å². The van der Waals surface area contributed by atoms with Gasteiger partial charge in [-0.25, -0.2) is 4.99 Å². The molecule has 0 rings (SSSR count). The van der Waals surface area contributed by atoms with Gasteiger partial charge in [0.2, 0.25) is 0 Å². The van der Waals surface area contributed by atoms with Gasteiger partial charge in [0.1, 0.15) is 29.7 Å². The maximum Gasteiger partial charge on any atom is 0.186 e. The lowest BCUT2D eigenvalue weighted by atomic mass is 10.0. The Kier molecular flexibility index (Phi) is 44.7. The third-order valence-electron chi connectivity index (χ3n) is 7.74. The number of guanidine groups is 4. The summed E-state index contributed by atoms with van der Waals surface area (Å²) in [4.78, 5) is 70.1. The number of aliphatic imine (C=N–C) groups is 4. The average molecular weight is 855 g/mol. The molecule has 0 aromatic rings. The zero-order valence-corrected chi connectivity index (χ0v) is 38.7. The molecule has 0 aliphatic rings. The highest BCUT2D eigenvalue weighted by Crippen LogP contribution is 2.06. The number of unbranched alkanes of at least 4 members (excludes halogenated alkanes) is 3. The van der Waals surface area contributed by atoms with Crippen molar-refractivity contribution in [2.45, 2.75) is 133 Å². The van der Waals surface area contributed by atoms with Crippen molar-refractivity contribution in [3.05, 3.63) is 12.4 Å². The Morgan fingerprint density at radius 2 is 0.717 bits per heavy atom. The molecule has 0 radical (unpaired) electrons. The minimum Gasteiger partial charge on any atom is -0.386 e. The number of nitrogens with two attached hydrogens (primary N) is 9. The van der Waals surface area contributed by atoms with E-state index in [1.165, 1.54) is 0 Å². The molecule has 0 fully saturated rings. The average Bonchev–Trinajstić information content (AvgIpc) is 3.13. The van der Waals surface area contributed by atoms with Gasteiger partial charge in [0.25, 0.3) is 0 Å². The van der Waals surface area contributed by atoms with Crippen molar-refractivity contribution in [3.8, 4) is 0 Å². The van der Waals surface area contributed by atoms with Crippen LogP contribution < -0.4 is 56.9 Å². The molecule has 0 aliphatic heterocycles. The summed E-state index contributed by atoms with van der Waals surface area (Å²) < 4.78 is 0. The van der Waals surface area contributed by atoms with Crippen LogP contribution in [-0.2, 0) is 24.0 Å². The lowest BCUT2D eigenvalue weighted by Crippen LogP contribution is -2.24. The second-order valence-corrected chi connectivity index (χ2v) is 15.3. The van der Waals surface area contributed by atoms with Crippen molar-refractivity contribution in [2.75, 3.05) is 32.7 Å². The van der Waals surface area contributed by atoms with E-state index in [4.69, 9.17) is 51.6 Å². The maximum absolute atomic E-state index is 11.2. The van der Waals surface area contributed by atoms with Crippen LogP contribution in [0.2, 0.25) is 0 Å². The second kappa shape index (κ2) is 41.9. The number of hydrogen-bond donors (Lipinski definition) is 10. The number of carbonyl (C=O) groups excluding carboxylic acids is 5. The van der Waals surface area contributed by atoms with E-state index in [9.17, 15) is 24.0 Å². The van der Waals surface area contributed by atoms with E-state index in [1.54, 1.807) is 0 Å². The van der Waals surface area contributed by atoms with Crippen LogP contribution in [0.4, 0.5) is 0 Å². The number of ketones is 5. The Bertz CT molecular complexity index is 1310. The fourth-order valence-corrected chi connectivity index (χ4v) is 3.73. The van der Waals surface area contributed by atoms with Crippen LogP contribution in [0.25, 0.3) is 0 Å². The van der Waals surface area contributed by atoms with Crippen molar-refractivity contribution < 1.29 is 24.0 Å². The van der Waals surface area contributed by atoms with Crippen LogP contribution in [0.15, 0.2) is 32.4 Å². The molecule has 350 valence electrons. The van der Waals surface area contributed by atoms with E-state index < -0.39 is 0 Å². The maximum atomic E-state index is 11.2. The summed E-state index contributed by atoms with van der Waals surface area (Å²) in [6.07, 6.45) is 7.90. The highest BCUT2D eigenvalue weighted by atomic mass is 16.1. The summed E-state index contributed by atoms with van der Waals surface area (Å²) >= 11 is 0. The standard InChI is InChI=1S/C11H22N2O.C9H19N3O.C8H17N3O.C7H15N3O.C6H13N3O/c1-9(2)11(14)7-5-4-6-8-13-10(3)12;1-7(2)8(13)5-3-4-6-12-9(10)11;1-6(2)7(12)4-3-5-11-8(9)10;1-5(2)6(11)3-4-10-7(8)9;1-4(2)5(10)3-9-6(7)8/h9,13H,3-8,12H2,1-2H3;7H,3-6H2,1-2H3,(H4,10,11,12);6H,3-5H2,1-2H3,(H4,9,10,11);5H,3-4H2,1-2H3,(H4,8,9,10);4H,3H2,1-2H3,(H4,7,8,9). The van der Waals surface area contributed by atoms with Gasteiger partial charge in [0.15, 0.2) is 29.6 Å². The fraction of sp³-hybridized carbons (Fsp3) is 0.732. The molecule has 0 unspecified atom stereocenters. The zero-order valence-electron chi connectivity index (χ0n) is 38.7. The first-order valence-electron chi connectivity index (χ1n) is 20.7. The van der Waals surface area contributed by atoms with E-state index in [1.807, 2.05) is 69.2 Å². The smallest absolute Gasteiger partial charge is 0.186 e. The number of Topliss-reactive ketones (excluding diaryl/α,β-unsaturated/α-hetero) is 5. The van der Waals surface area contributed by atoms with Crippen LogP contribution in [0, 0.1) is 29.6 Å². The predicted molar refractivity (Wildman–Crippen MR) is 249 cm³/mol. The summed E-state index contributed by atoms with van der Waals surface area (Å²) in [5, 5.41) is 2.95. The van der Waals surface area contributed by atoms with Crippen molar-refractivity contribution in [1.29, 1.82) is 0 Å². The molecule has 19 heteroatoms. The van der Waals surface area contributed by atoms with Crippen LogP contribution >= 0.6 is 0 Å². The second-order valence-electron chi connectivity index (χ2n) is 15.3. The monoisotopic (exact) mass is 855 g/mol. The molecule has 19 N–H and O–H groups in total. The minimum atomic E-state index is -0.0333. The first-order valence-corrected chi connectivity index (χ1v) is 20.7. The van der Waals surface area contributed by atoms with Crippen molar-refractivity contribution in [3.63, 3.8) is 0 Å². The molecule has 19 nitrogen and oxygen atoms in total. The number of nitrogens with zero attached hydrogens (tertiary/aromatic N) is 4. The van der Waals surface area contributed by atoms with E-state index in [0.717, 1.165) is 45.1 Å². The Hall–Kier alpha value is -5.23. The predicted octanol–water partition coefficient (Wildman–Crippen LogP) is 2.07. The molecule has 0 amide bonds. The summed E-state index contributed by atoms with van der Waals surface area (Å²) in [5.41, 5.74) is 46.0. The highest BCUT2D eigenvalue weighted by Gasteiger charge is 2.08. The van der Waals surface area contributed by atoms with Crippen LogP contribution in [-0.4, -0.2) is 85.5 Å². The minimum absolute atomic E-state index is 0.00287. The fourth-order valence-electron chi connectivity index (χ4n) is 3.73. The normalized spacial score (nSPS) is 9.92. The number of carbonyl (C=O) groups is 5. The van der Waals surface area contributed by atoms with Gasteiger partial charge in [0, 0.05) is 81.5 Å². The van der Waals surface area contributed by atoms with Crippen molar-refractivity contribution >= 4 is 52.8 Å². The number of nitrogens with one attached hydrogen (secondary N) is 1. The summed E-state index contributed by atoms with van der Waals surface area (Å²) in [6.45, 7) is 24.9. The molecule has 0 aromatic carbocycles. The first kappa shape index (κ1) is 63.9. The third-order valence-corrected chi connectivity index (χ3v) is 7.74. The van der Waals surface area contributed by atoms with Gasteiger partial charge < -0.3 is 56.9 Å². The first-order chi connectivity index (χ1) is 27.7. The largest absolute Gasteiger partial charge is 0.386 e. The number of hydrogen-bond acceptors (Lipinski definition) is 11. The number of rotatable bonds is 26. The molecular weight excluding hydrogens is 769 g/mol. The molecule has 0 saturated heterocycles. The van der Waals surface area contributed by atoms with Gasteiger partial charge in [-0.2, -0.15) is 0 Å². The van der Waals surface area contributed by atoms with Crippen LogP contribution in [0.1, 0.15) is 133 Å². The van der Waals surface area contributed by atoms with Crippen molar-refractivity contribution in [2.24, 2.45) is 101 Å². The van der Waals surface area contributed by atoms with Crippen LogP contribution in [0.5, 0.6) is 0 Å².